The topological polar surface area (TPSA) is 49.4 Å². The van der Waals surface area contributed by atoms with E-state index in [1.165, 1.54) is 0 Å². The number of hydrogen-bond acceptors (Lipinski definition) is 2. The van der Waals surface area contributed by atoms with Gasteiger partial charge in [0.2, 0.25) is 5.91 Å². The first-order chi connectivity index (χ1) is 13.3. The normalized spacial score (nSPS) is 14.8. The van der Waals surface area contributed by atoms with Gasteiger partial charge in [-0.2, -0.15) is 0 Å². The smallest absolute Gasteiger partial charge is 0.255 e. The molecule has 0 spiro atoms. The van der Waals surface area contributed by atoms with Gasteiger partial charge in [-0.1, -0.05) is 52.5 Å². The Morgan fingerprint density at radius 3 is 2.14 bits per heavy atom. The number of rotatable bonds is 4. The first-order valence-corrected chi connectivity index (χ1v) is 10.3. The van der Waals surface area contributed by atoms with Crippen LogP contribution in [0.5, 0.6) is 0 Å². The monoisotopic (exact) mass is 458 g/mol. The highest BCUT2D eigenvalue weighted by molar-refractivity contribution is 6.36. The minimum atomic E-state index is -0.145. The summed E-state index contributed by atoms with van der Waals surface area (Å²) in [4.78, 5) is 26.8. The molecule has 2 aromatic carbocycles. The Hall–Kier alpha value is -1.46. The molecule has 148 valence electrons. The fourth-order valence-corrected chi connectivity index (χ4v) is 4.13. The number of benzene rings is 2. The molecule has 0 radical (unpaired) electrons. The fourth-order valence-electron chi connectivity index (χ4n) is 3.17. The van der Waals surface area contributed by atoms with Gasteiger partial charge in [0.1, 0.15) is 0 Å². The zero-order valence-corrected chi connectivity index (χ0v) is 17.9. The van der Waals surface area contributed by atoms with E-state index >= 15 is 0 Å². The maximum absolute atomic E-state index is 12.7. The van der Waals surface area contributed by atoms with Crippen LogP contribution in [0.15, 0.2) is 36.4 Å². The second-order valence-electron chi connectivity index (χ2n) is 6.64. The minimum absolute atomic E-state index is 0.0392. The lowest BCUT2D eigenvalue weighted by molar-refractivity contribution is -0.126. The fraction of sp³-hybridized carbons (Fsp3) is 0.300. The van der Waals surface area contributed by atoms with Gasteiger partial charge >= 0.3 is 0 Å². The van der Waals surface area contributed by atoms with Crippen LogP contribution in [0.3, 0.4) is 0 Å². The van der Waals surface area contributed by atoms with Crippen molar-refractivity contribution < 1.29 is 9.59 Å². The molecule has 2 amide bonds. The Labute approximate surface area is 183 Å². The average Bonchev–Trinajstić information content (AvgIpc) is 2.67. The van der Waals surface area contributed by atoms with Crippen molar-refractivity contribution in [2.75, 3.05) is 13.1 Å². The second-order valence-corrected chi connectivity index (χ2v) is 8.33. The van der Waals surface area contributed by atoms with Gasteiger partial charge in [0.15, 0.2) is 0 Å². The number of carbonyl (C=O) groups excluding carboxylic acids is 2. The summed E-state index contributed by atoms with van der Waals surface area (Å²) in [6.45, 7) is 1.34. The number of hydrogen-bond donors (Lipinski definition) is 1. The van der Waals surface area contributed by atoms with Gasteiger partial charge in [-0.25, -0.2) is 0 Å². The molecule has 0 saturated carbocycles. The Kier molecular flexibility index (Phi) is 7.10. The zero-order chi connectivity index (χ0) is 20.3. The molecule has 1 saturated heterocycles. The molecule has 0 aromatic heterocycles. The van der Waals surface area contributed by atoms with E-state index in [4.69, 9.17) is 46.4 Å². The van der Waals surface area contributed by atoms with Gasteiger partial charge in [-0.3, -0.25) is 9.59 Å². The van der Waals surface area contributed by atoms with Crippen molar-refractivity contribution in [3.63, 3.8) is 0 Å². The average molecular weight is 460 g/mol. The third-order valence-corrected chi connectivity index (χ3v) is 5.92. The summed E-state index contributed by atoms with van der Waals surface area (Å²) in [7, 11) is 0. The number of nitrogens with one attached hydrogen (secondary N) is 1. The Morgan fingerprint density at radius 1 is 0.929 bits per heavy atom. The molecule has 1 fully saturated rings. The molecule has 0 aliphatic carbocycles. The van der Waals surface area contributed by atoms with Crippen molar-refractivity contribution in [2.24, 2.45) is 5.92 Å². The number of nitrogens with zero attached hydrogens (tertiary/aromatic N) is 1. The van der Waals surface area contributed by atoms with Crippen molar-refractivity contribution in [1.29, 1.82) is 0 Å². The lowest BCUT2D eigenvalue weighted by Crippen LogP contribution is -2.43. The molecule has 3 rings (SSSR count). The lowest BCUT2D eigenvalue weighted by Gasteiger charge is -2.31. The molecule has 1 aliphatic rings. The van der Waals surface area contributed by atoms with Crippen LogP contribution in [0.25, 0.3) is 0 Å². The largest absolute Gasteiger partial charge is 0.352 e. The highest BCUT2D eigenvalue weighted by Crippen LogP contribution is 2.25. The van der Waals surface area contributed by atoms with E-state index in [0.717, 1.165) is 5.56 Å². The molecule has 0 unspecified atom stereocenters. The van der Waals surface area contributed by atoms with Gasteiger partial charge in [0.05, 0.1) is 10.6 Å². The second kappa shape index (κ2) is 9.36. The van der Waals surface area contributed by atoms with Gasteiger partial charge in [0.25, 0.3) is 5.91 Å². The number of likely N-dealkylation sites (tertiary alicyclic amines) is 1. The summed E-state index contributed by atoms with van der Waals surface area (Å²) >= 11 is 24.0. The first kappa shape index (κ1) is 21.3. The van der Waals surface area contributed by atoms with E-state index in [-0.39, 0.29) is 17.7 Å². The van der Waals surface area contributed by atoms with E-state index in [1.54, 1.807) is 41.3 Å². The standard InChI is InChI=1S/C20H18Cl4N2O2/c21-14-2-1-13(17(23)9-14)11-25-19(27)12-5-7-26(8-6-12)20(28)16-4-3-15(22)10-18(16)24/h1-4,9-10,12H,5-8,11H2,(H,25,27). The minimum Gasteiger partial charge on any atom is -0.352 e. The van der Waals surface area contributed by atoms with Crippen LogP contribution in [0, 0.1) is 5.92 Å². The van der Waals surface area contributed by atoms with Crippen LogP contribution in [-0.4, -0.2) is 29.8 Å². The summed E-state index contributed by atoms with van der Waals surface area (Å²) < 4.78 is 0. The Bertz CT molecular complexity index is 896. The number of carbonyl (C=O) groups is 2. The van der Waals surface area contributed by atoms with E-state index in [9.17, 15) is 9.59 Å². The van der Waals surface area contributed by atoms with Gasteiger partial charge < -0.3 is 10.2 Å². The first-order valence-electron chi connectivity index (χ1n) is 8.81. The Balaban J connectivity index is 1.53. The van der Waals surface area contributed by atoms with Crippen molar-refractivity contribution in [3.8, 4) is 0 Å². The molecular weight excluding hydrogens is 442 g/mol. The van der Waals surface area contributed by atoms with E-state index in [2.05, 4.69) is 5.32 Å². The maximum Gasteiger partial charge on any atom is 0.255 e. The molecule has 1 N–H and O–H groups in total. The van der Waals surface area contributed by atoms with Crippen molar-refractivity contribution in [2.45, 2.75) is 19.4 Å². The van der Waals surface area contributed by atoms with Gasteiger partial charge in [-0.05, 0) is 48.7 Å². The van der Waals surface area contributed by atoms with Crippen LogP contribution in [0.1, 0.15) is 28.8 Å². The van der Waals surface area contributed by atoms with Crippen LogP contribution in [0.2, 0.25) is 20.1 Å². The summed E-state index contributed by atoms with van der Waals surface area (Å²) in [6.07, 6.45) is 1.19. The highest BCUT2D eigenvalue weighted by Gasteiger charge is 2.28. The SMILES string of the molecule is O=C(NCc1ccc(Cl)cc1Cl)C1CCN(C(=O)c2ccc(Cl)cc2Cl)CC1. The maximum atomic E-state index is 12.7. The molecule has 4 nitrogen and oxygen atoms in total. The van der Waals surface area contributed by atoms with Crippen molar-refractivity contribution in [1.82, 2.24) is 10.2 Å². The van der Waals surface area contributed by atoms with Crippen molar-refractivity contribution >= 4 is 58.2 Å². The third-order valence-electron chi connectivity index (χ3n) is 4.78. The molecule has 0 atom stereocenters. The van der Waals surface area contributed by atoms with Gasteiger partial charge in [-0.15, -0.1) is 0 Å². The highest BCUT2D eigenvalue weighted by atomic mass is 35.5. The number of halogens is 4. The molecule has 28 heavy (non-hydrogen) atoms. The molecule has 2 aromatic rings. The lowest BCUT2D eigenvalue weighted by atomic mass is 9.95. The predicted octanol–water partition coefficient (Wildman–Crippen LogP) is 5.47. The van der Waals surface area contributed by atoms with Crippen LogP contribution in [0.4, 0.5) is 0 Å². The Morgan fingerprint density at radius 2 is 1.54 bits per heavy atom. The van der Waals surface area contributed by atoms with Crippen molar-refractivity contribution in [3.05, 3.63) is 67.6 Å². The molecule has 8 heteroatoms. The zero-order valence-electron chi connectivity index (χ0n) is 14.9. The third kappa shape index (κ3) is 5.12. The van der Waals surface area contributed by atoms with E-state index < -0.39 is 0 Å². The number of amides is 2. The summed E-state index contributed by atoms with van der Waals surface area (Å²) in [5, 5.41) is 4.80. The molecule has 1 aliphatic heterocycles. The van der Waals surface area contributed by atoms with Crippen LogP contribution >= 0.6 is 46.4 Å². The van der Waals surface area contributed by atoms with Crippen LogP contribution < -0.4 is 5.32 Å². The summed E-state index contributed by atoms with van der Waals surface area (Å²) in [5.41, 5.74) is 1.23. The van der Waals surface area contributed by atoms with E-state index in [0.29, 0.717) is 58.1 Å². The number of piperidine rings is 1. The van der Waals surface area contributed by atoms with E-state index in [1.807, 2.05) is 0 Å². The molecule has 0 bridgehead atoms. The van der Waals surface area contributed by atoms with Gasteiger partial charge in [0, 0.05) is 40.6 Å². The molecule has 1 heterocycles. The summed E-state index contributed by atoms with van der Waals surface area (Å²) in [5.74, 6) is -0.327. The predicted molar refractivity (Wildman–Crippen MR) is 113 cm³/mol. The molecular formula is C20H18Cl4N2O2. The quantitative estimate of drug-likeness (QED) is 0.658. The van der Waals surface area contributed by atoms with Crippen LogP contribution in [-0.2, 0) is 11.3 Å². The summed E-state index contributed by atoms with van der Waals surface area (Å²) in [6, 6.07) is 10.0.